The van der Waals surface area contributed by atoms with Crippen LogP contribution in [-0.4, -0.2) is 45.3 Å². The number of ether oxygens (including phenoxy) is 1. The average Bonchev–Trinajstić information content (AvgIpc) is 2.46. The summed E-state index contributed by atoms with van der Waals surface area (Å²) in [6, 6.07) is 9.44. The molecule has 0 radical (unpaired) electrons. The van der Waals surface area contributed by atoms with Crippen molar-refractivity contribution in [3.63, 3.8) is 0 Å². The summed E-state index contributed by atoms with van der Waals surface area (Å²) < 4.78 is 5.14. The monoisotopic (exact) mass is 278 g/mol. The van der Waals surface area contributed by atoms with E-state index in [9.17, 15) is 0 Å². The van der Waals surface area contributed by atoms with Gasteiger partial charge in [-0.15, -0.1) is 0 Å². The fourth-order valence-corrected chi connectivity index (χ4v) is 2.39. The van der Waals surface area contributed by atoms with E-state index in [0.29, 0.717) is 6.04 Å². The minimum absolute atomic E-state index is 0.387. The van der Waals surface area contributed by atoms with Gasteiger partial charge < -0.3 is 15.0 Å². The molecule has 1 aromatic carbocycles. The molecule has 1 rings (SSSR count). The molecule has 1 aromatic rings. The molecule has 1 atom stereocenters. The van der Waals surface area contributed by atoms with Crippen molar-refractivity contribution >= 4 is 0 Å². The van der Waals surface area contributed by atoms with Gasteiger partial charge in [0.1, 0.15) is 0 Å². The molecule has 3 heteroatoms. The summed E-state index contributed by atoms with van der Waals surface area (Å²) >= 11 is 0. The van der Waals surface area contributed by atoms with E-state index in [-0.39, 0.29) is 0 Å². The van der Waals surface area contributed by atoms with Crippen LogP contribution in [0, 0.1) is 0 Å². The van der Waals surface area contributed by atoms with Crippen molar-refractivity contribution in [2.45, 2.75) is 32.7 Å². The lowest BCUT2D eigenvalue weighted by Gasteiger charge is -2.25. The van der Waals surface area contributed by atoms with Crippen LogP contribution in [0.3, 0.4) is 0 Å². The maximum atomic E-state index is 5.14. The largest absolute Gasteiger partial charge is 0.383 e. The third-order valence-electron chi connectivity index (χ3n) is 3.54. The summed E-state index contributed by atoms with van der Waals surface area (Å²) in [6.45, 7) is 8.12. The van der Waals surface area contributed by atoms with Crippen LogP contribution in [0.5, 0.6) is 0 Å². The third-order valence-corrected chi connectivity index (χ3v) is 3.54. The number of hydrogen-bond donors (Lipinski definition) is 1. The van der Waals surface area contributed by atoms with Gasteiger partial charge in [-0.25, -0.2) is 0 Å². The molecule has 0 saturated carbocycles. The van der Waals surface area contributed by atoms with Gasteiger partial charge in [-0.1, -0.05) is 44.5 Å². The quantitative estimate of drug-likeness (QED) is 0.712. The van der Waals surface area contributed by atoms with Crippen molar-refractivity contribution in [2.75, 3.05) is 40.4 Å². The number of hydrogen-bond acceptors (Lipinski definition) is 3. The highest BCUT2D eigenvalue weighted by Gasteiger charge is 2.12. The molecular weight excluding hydrogens is 248 g/mol. The lowest BCUT2D eigenvalue weighted by atomic mass is 10.0. The van der Waals surface area contributed by atoms with Crippen LogP contribution in [0.15, 0.2) is 24.3 Å². The number of benzene rings is 1. The minimum atomic E-state index is 0.387. The van der Waals surface area contributed by atoms with Gasteiger partial charge in [-0.05, 0) is 31.1 Å². The van der Waals surface area contributed by atoms with Gasteiger partial charge in [0.25, 0.3) is 0 Å². The van der Waals surface area contributed by atoms with Crippen LogP contribution in [0.1, 0.15) is 37.4 Å². The van der Waals surface area contributed by atoms with Gasteiger partial charge in [-0.3, -0.25) is 0 Å². The molecule has 0 aromatic heterocycles. The molecule has 0 saturated heterocycles. The third kappa shape index (κ3) is 6.04. The number of aryl methyl sites for hydroxylation is 1. The van der Waals surface area contributed by atoms with Gasteiger partial charge >= 0.3 is 0 Å². The molecule has 0 fully saturated rings. The second kappa shape index (κ2) is 9.92. The fourth-order valence-electron chi connectivity index (χ4n) is 2.39. The lowest BCUT2D eigenvalue weighted by molar-refractivity contribution is 0.155. The van der Waals surface area contributed by atoms with Crippen molar-refractivity contribution in [1.29, 1.82) is 0 Å². The molecule has 0 spiro atoms. The van der Waals surface area contributed by atoms with E-state index in [1.54, 1.807) is 7.11 Å². The Hall–Kier alpha value is -0.900. The van der Waals surface area contributed by atoms with E-state index < -0.39 is 0 Å². The minimum Gasteiger partial charge on any atom is -0.383 e. The van der Waals surface area contributed by atoms with E-state index in [1.165, 1.54) is 24.0 Å². The van der Waals surface area contributed by atoms with Gasteiger partial charge in [0, 0.05) is 26.2 Å². The molecular formula is C17H30N2O. The summed E-state index contributed by atoms with van der Waals surface area (Å²) in [5.41, 5.74) is 2.80. The first-order valence-corrected chi connectivity index (χ1v) is 7.70. The van der Waals surface area contributed by atoms with Crippen LogP contribution in [-0.2, 0) is 11.2 Å². The number of methoxy groups -OCH3 is 1. The highest BCUT2D eigenvalue weighted by Crippen LogP contribution is 2.16. The summed E-state index contributed by atoms with van der Waals surface area (Å²) in [5, 5.41) is 3.58. The first kappa shape index (κ1) is 17.2. The van der Waals surface area contributed by atoms with Crippen LogP contribution in [0.25, 0.3) is 0 Å². The van der Waals surface area contributed by atoms with E-state index >= 15 is 0 Å². The Bertz CT molecular complexity index is 351. The Morgan fingerprint density at radius 2 is 1.90 bits per heavy atom. The number of nitrogens with zero attached hydrogens (tertiary/aromatic N) is 1. The molecule has 114 valence electrons. The zero-order chi connectivity index (χ0) is 14.8. The summed E-state index contributed by atoms with van der Waals surface area (Å²) in [7, 11) is 3.90. The second-order valence-corrected chi connectivity index (χ2v) is 5.36. The second-order valence-electron chi connectivity index (χ2n) is 5.36. The smallest absolute Gasteiger partial charge is 0.0589 e. The number of nitrogens with one attached hydrogen (secondary N) is 1. The van der Waals surface area contributed by atoms with Crippen molar-refractivity contribution in [3.05, 3.63) is 35.4 Å². The van der Waals surface area contributed by atoms with E-state index in [2.05, 4.69) is 55.4 Å². The van der Waals surface area contributed by atoms with Gasteiger partial charge in [0.15, 0.2) is 0 Å². The number of likely N-dealkylation sites (N-methyl/N-ethyl adjacent to an activating group) is 2. The first-order chi connectivity index (χ1) is 9.71. The summed E-state index contributed by atoms with van der Waals surface area (Å²) in [4.78, 5) is 2.32. The maximum Gasteiger partial charge on any atom is 0.0589 e. The Balaban J connectivity index is 2.64. The summed E-state index contributed by atoms with van der Waals surface area (Å²) in [5.74, 6) is 0. The molecule has 0 aliphatic heterocycles. The van der Waals surface area contributed by atoms with Crippen LogP contribution in [0.4, 0.5) is 0 Å². The Labute approximate surface area is 124 Å². The SMILES string of the molecule is CCCc1ccc(C(CN(C)CCOC)NCC)cc1. The Morgan fingerprint density at radius 3 is 2.45 bits per heavy atom. The topological polar surface area (TPSA) is 24.5 Å². The normalized spacial score (nSPS) is 12.8. The van der Waals surface area contributed by atoms with Gasteiger partial charge in [-0.2, -0.15) is 0 Å². The zero-order valence-electron chi connectivity index (χ0n) is 13.5. The summed E-state index contributed by atoms with van der Waals surface area (Å²) in [6.07, 6.45) is 2.37. The molecule has 0 aliphatic carbocycles. The van der Waals surface area contributed by atoms with Crippen LogP contribution >= 0.6 is 0 Å². The molecule has 20 heavy (non-hydrogen) atoms. The molecule has 0 amide bonds. The van der Waals surface area contributed by atoms with Gasteiger partial charge in [0.05, 0.1) is 6.61 Å². The van der Waals surface area contributed by atoms with Crippen molar-refractivity contribution in [3.8, 4) is 0 Å². The van der Waals surface area contributed by atoms with E-state index in [0.717, 1.165) is 26.2 Å². The van der Waals surface area contributed by atoms with Crippen LogP contribution in [0.2, 0.25) is 0 Å². The molecule has 0 heterocycles. The van der Waals surface area contributed by atoms with Gasteiger partial charge in [0.2, 0.25) is 0 Å². The molecule has 3 nitrogen and oxygen atoms in total. The first-order valence-electron chi connectivity index (χ1n) is 7.70. The van der Waals surface area contributed by atoms with Crippen molar-refractivity contribution in [1.82, 2.24) is 10.2 Å². The predicted molar refractivity (Wildman–Crippen MR) is 86.2 cm³/mol. The lowest BCUT2D eigenvalue weighted by Crippen LogP contribution is -2.34. The predicted octanol–water partition coefficient (Wildman–Crippen LogP) is 2.87. The maximum absolute atomic E-state index is 5.14. The molecule has 1 unspecified atom stereocenters. The van der Waals surface area contributed by atoms with Crippen LogP contribution < -0.4 is 5.32 Å². The number of rotatable bonds is 10. The zero-order valence-corrected chi connectivity index (χ0v) is 13.5. The van der Waals surface area contributed by atoms with E-state index in [4.69, 9.17) is 4.74 Å². The van der Waals surface area contributed by atoms with E-state index in [1.807, 2.05) is 0 Å². The molecule has 0 aliphatic rings. The Kier molecular flexibility index (Phi) is 8.51. The molecule has 1 N–H and O–H groups in total. The average molecular weight is 278 g/mol. The fraction of sp³-hybridized carbons (Fsp3) is 0.647. The molecule has 0 bridgehead atoms. The standard InChI is InChI=1S/C17H30N2O/c1-5-7-15-8-10-16(11-9-15)17(18-6-2)14-19(3)12-13-20-4/h8-11,17-18H,5-7,12-14H2,1-4H3. The van der Waals surface area contributed by atoms with Crippen molar-refractivity contribution < 1.29 is 4.74 Å². The van der Waals surface area contributed by atoms with Crippen molar-refractivity contribution in [2.24, 2.45) is 0 Å². The highest BCUT2D eigenvalue weighted by molar-refractivity contribution is 5.25. The Morgan fingerprint density at radius 1 is 1.20 bits per heavy atom. The highest BCUT2D eigenvalue weighted by atomic mass is 16.5.